The van der Waals surface area contributed by atoms with Crippen LogP contribution in [0, 0.1) is 0 Å². The first-order valence-electron chi connectivity index (χ1n) is 7.29. The second-order valence-electron chi connectivity index (χ2n) is 5.76. The van der Waals surface area contributed by atoms with Crippen molar-refractivity contribution in [2.75, 3.05) is 7.05 Å². The van der Waals surface area contributed by atoms with Gasteiger partial charge in [-0.3, -0.25) is 4.79 Å². The van der Waals surface area contributed by atoms with Gasteiger partial charge in [0.05, 0.1) is 6.04 Å². The van der Waals surface area contributed by atoms with Crippen LogP contribution in [0.3, 0.4) is 0 Å². The lowest BCUT2D eigenvalue weighted by Crippen LogP contribution is -2.34. The van der Waals surface area contributed by atoms with Crippen molar-refractivity contribution in [3.63, 3.8) is 0 Å². The maximum atomic E-state index is 12.4. The molecule has 1 unspecified atom stereocenters. The van der Waals surface area contributed by atoms with Gasteiger partial charge in [0.1, 0.15) is 0 Å². The minimum Gasteiger partial charge on any atom is -0.335 e. The van der Waals surface area contributed by atoms with Crippen molar-refractivity contribution in [2.45, 2.75) is 25.4 Å². The lowest BCUT2D eigenvalue weighted by atomic mass is 10.0. The number of benzene rings is 2. The first-order valence-corrected chi connectivity index (χ1v) is 7.29. The van der Waals surface area contributed by atoms with E-state index in [1.807, 2.05) is 43.1 Å². The van der Waals surface area contributed by atoms with Crippen LogP contribution in [0.25, 0.3) is 11.1 Å². The van der Waals surface area contributed by atoms with Crippen molar-refractivity contribution in [1.82, 2.24) is 4.90 Å². The molecule has 0 heterocycles. The normalized spacial score (nSPS) is 14.4. The highest BCUT2D eigenvalue weighted by Crippen LogP contribution is 2.45. The van der Waals surface area contributed by atoms with Crippen LogP contribution >= 0.6 is 0 Å². The summed E-state index contributed by atoms with van der Waals surface area (Å²) in [6.45, 7) is 1.86. The molecular weight excluding hydrogens is 260 g/mol. The average Bonchev–Trinajstić information content (AvgIpc) is 2.80. The maximum Gasteiger partial charge on any atom is 0.224 e. The maximum absolute atomic E-state index is 12.4. The van der Waals surface area contributed by atoms with E-state index in [2.05, 4.69) is 24.3 Å². The molecular formula is C18H20N2O. The largest absolute Gasteiger partial charge is 0.335 e. The Morgan fingerprint density at radius 3 is 2.05 bits per heavy atom. The molecule has 2 aromatic carbocycles. The van der Waals surface area contributed by atoms with E-state index in [4.69, 9.17) is 5.73 Å². The predicted octanol–water partition coefficient (Wildman–Crippen LogP) is 2.95. The molecule has 1 atom stereocenters. The third kappa shape index (κ3) is 2.34. The number of fused-ring (bicyclic) bond motifs is 3. The van der Waals surface area contributed by atoms with Gasteiger partial charge in [-0.25, -0.2) is 0 Å². The fourth-order valence-electron chi connectivity index (χ4n) is 3.11. The molecule has 0 fully saturated rings. The van der Waals surface area contributed by atoms with E-state index in [-0.39, 0.29) is 18.0 Å². The van der Waals surface area contributed by atoms with E-state index in [0.29, 0.717) is 6.42 Å². The smallest absolute Gasteiger partial charge is 0.224 e. The number of hydrogen-bond acceptors (Lipinski definition) is 2. The fraction of sp³-hybridized carbons (Fsp3) is 0.278. The number of carbonyl (C=O) groups is 1. The van der Waals surface area contributed by atoms with Gasteiger partial charge in [0, 0.05) is 19.5 Å². The molecule has 1 aliphatic rings. The Hall–Kier alpha value is -2.13. The molecule has 0 radical (unpaired) electrons. The molecule has 2 N–H and O–H groups in total. The molecule has 0 saturated heterocycles. The van der Waals surface area contributed by atoms with Gasteiger partial charge in [-0.2, -0.15) is 0 Å². The van der Waals surface area contributed by atoms with Gasteiger partial charge in [-0.1, -0.05) is 48.5 Å². The van der Waals surface area contributed by atoms with Gasteiger partial charge >= 0.3 is 0 Å². The zero-order valence-electron chi connectivity index (χ0n) is 12.4. The van der Waals surface area contributed by atoms with Crippen molar-refractivity contribution in [3.8, 4) is 11.1 Å². The predicted molar refractivity (Wildman–Crippen MR) is 84.8 cm³/mol. The van der Waals surface area contributed by atoms with Gasteiger partial charge in [0.2, 0.25) is 5.91 Å². The Morgan fingerprint density at radius 2 is 1.57 bits per heavy atom. The second kappa shape index (κ2) is 5.34. The molecule has 0 saturated carbocycles. The molecule has 108 valence electrons. The van der Waals surface area contributed by atoms with E-state index in [1.165, 1.54) is 22.3 Å². The second-order valence-corrected chi connectivity index (χ2v) is 5.76. The van der Waals surface area contributed by atoms with Crippen molar-refractivity contribution < 1.29 is 4.79 Å². The molecule has 0 aliphatic heterocycles. The number of hydrogen-bond donors (Lipinski definition) is 1. The quantitative estimate of drug-likeness (QED) is 0.939. The summed E-state index contributed by atoms with van der Waals surface area (Å²) < 4.78 is 0. The third-order valence-electron chi connectivity index (χ3n) is 4.08. The van der Waals surface area contributed by atoms with Crippen LogP contribution in [-0.2, 0) is 4.79 Å². The van der Waals surface area contributed by atoms with E-state index in [0.717, 1.165) is 0 Å². The fourth-order valence-corrected chi connectivity index (χ4v) is 3.11. The molecule has 3 heteroatoms. The molecule has 3 nitrogen and oxygen atoms in total. The zero-order valence-corrected chi connectivity index (χ0v) is 12.4. The van der Waals surface area contributed by atoms with Gasteiger partial charge < -0.3 is 10.6 Å². The van der Waals surface area contributed by atoms with Gasteiger partial charge in [-0.05, 0) is 29.2 Å². The number of nitrogens with two attached hydrogens (primary N) is 1. The Kier molecular flexibility index (Phi) is 3.52. The minimum atomic E-state index is -0.119. The molecule has 21 heavy (non-hydrogen) atoms. The summed E-state index contributed by atoms with van der Waals surface area (Å²) >= 11 is 0. The van der Waals surface area contributed by atoms with Crippen LogP contribution in [-0.4, -0.2) is 23.9 Å². The molecule has 3 rings (SSSR count). The summed E-state index contributed by atoms with van der Waals surface area (Å²) in [7, 11) is 1.87. The van der Waals surface area contributed by atoms with E-state index in [9.17, 15) is 4.79 Å². The summed E-state index contributed by atoms with van der Waals surface area (Å²) in [4.78, 5) is 14.2. The summed E-state index contributed by atoms with van der Waals surface area (Å²) in [6.07, 6.45) is 0.372. The Bertz CT molecular complexity index is 633. The highest BCUT2D eigenvalue weighted by molar-refractivity contribution is 5.83. The molecule has 2 aromatic rings. The van der Waals surface area contributed by atoms with E-state index in [1.54, 1.807) is 0 Å². The van der Waals surface area contributed by atoms with Crippen molar-refractivity contribution in [1.29, 1.82) is 0 Å². The average molecular weight is 280 g/mol. The van der Waals surface area contributed by atoms with Gasteiger partial charge in [0.15, 0.2) is 0 Å². The Morgan fingerprint density at radius 1 is 1.10 bits per heavy atom. The van der Waals surface area contributed by atoms with E-state index < -0.39 is 0 Å². The van der Waals surface area contributed by atoms with Gasteiger partial charge in [0.25, 0.3) is 0 Å². The van der Waals surface area contributed by atoms with Crippen LogP contribution in [0.4, 0.5) is 0 Å². The highest BCUT2D eigenvalue weighted by Gasteiger charge is 2.32. The van der Waals surface area contributed by atoms with Gasteiger partial charge in [-0.15, -0.1) is 0 Å². The molecule has 0 spiro atoms. The standard InChI is InChI=1S/C18H20N2O/c1-12(19)11-17(21)20(2)18-15-9-5-3-7-13(15)14-8-4-6-10-16(14)18/h3-10,12,18H,11,19H2,1-2H3. The first kappa shape index (κ1) is 13.8. The first-order chi connectivity index (χ1) is 10.1. The topological polar surface area (TPSA) is 46.3 Å². The summed E-state index contributed by atoms with van der Waals surface area (Å²) in [5.41, 5.74) is 10.6. The molecule has 0 bridgehead atoms. The Labute approximate surface area is 125 Å². The molecule has 1 aliphatic carbocycles. The number of amides is 1. The Balaban J connectivity index is 2.04. The minimum absolute atomic E-state index is 0.0105. The molecule has 0 aromatic heterocycles. The van der Waals surface area contributed by atoms with Crippen LogP contribution < -0.4 is 5.73 Å². The SMILES string of the molecule is CC(N)CC(=O)N(C)C1c2ccccc2-c2ccccc21. The number of rotatable bonds is 3. The lowest BCUT2D eigenvalue weighted by molar-refractivity contribution is -0.131. The zero-order chi connectivity index (χ0) is 15.0. The highest BCUT2D eigenvalue weighted by atomic mass is 16.2. The molecule has 1 amide bonds. The van der Waals surface area contributed by atoms with E-state index >= 15 is 0 Å². The van der Waals surface area contributed by atoms with Crippen molar-refractivity contribution >= 4 is 5.91 Å². The summed E-state index contributed by atoms with van der Waals surface area (Å²) in [6, 6.07) is 16.5. The van der Waals surface area contributed by atoms with Crippen molar-refractivity contribution in [3.05, 3.63) is 59.7 Å². The number of carbonyl (C=O) groups excluding carboxylic acids is 1. The monoisotopic (exact) mass is 280 g/mol. The van der Waals surface area contributed by atoms with Crippen molar-refractivity contribution in [2.24, 2.45) is 5.73 Å². The van der Waals surface area contributed by atoms with Crippen LogP contribution in [0.2, 0.25) is 0 Å². The van der Waals surface area contributed by atoms with Crippen LogP contribution in [0.1, 0.15) is 30.5 Å². The van der Waals surface area contributed by atoms with Crippen LogP contribution in [0.15, 0.2) is 48.5 Å². The summed E-state index contributed by atoms with van der Waals surface area (Å²) in [5.74, 6) is 0.0847. The van der Waals surface area contributed by atoms with Crippen LogP contribution in [0.5, 0.6) is 0 Å². The summed E-state index contributed by atoms with van der Waals surface area (Å²) in [5, 5.41) is 0. The lowest BCUT2D eigenvalue weighted by Gasteiger charge is -2.27. The number of nitrogens with zero attached hydrogens (tertiary/aromatic N) is 1. The third-order valence-corrected chi connectivity index (χ3v) is 4.08.